The molecule has 11 nitrogen and oxygen atoms in total. The number of fused-ring (bicyclic) bond motifs is 1. The molecule has 1 aliphatic rings. The summed E-state index contributed by atoms with van der Waals surface area (Å²) in [5.41, 5.74) is -1.26. The Morgan fingerprint density at radius 2 is 2.02 bits per heavy atom. The maximum atomic E-state index is 14.1. The maximum absolute atomic E-state index is 14.1. The molecular weight excluding hydrogens is 548 g/mol. The van der Waals surface area contributed by atoms with Crippen molar-refractivity contribution in [2.24, 2.45) is 0 Å². The maximum Gasteiger partial charge on any atom is 0.333 e. The number of aryl methyl sites for hydroxylation is 1. The predicted molar refractivity (Wildman–Crippen MR) is 151 cm³/mol. The largest absolute Gasteiger partial charge is 0.480 e. The monoisotopic (exact) mass is 578 g/mol. The van der Waals surface area contributed by atoms with Gasteiger partial charge in [0.05, 0.1) is 41.6 Å². The average molecular weight is 579 g/mol. The Bertz CT molecular complexity index is 1740. The van der Waals surface area contributed by atoms with Crippen LogP contribution in [-0.4, -0.2) is 44.5 Å². The highest BCUT2D eigenvalue weighted by atomic mass is 32.1. The molecule has 5 rings (SSSR count). The number of hydrogen-bond acceptors (Lipinski definition) is 9. The molecule has 0 spiro atoms. The lowest BCUT2D eigenvalue weighted by atomic mass is 9.99. The SMILES string of the molecule is Cc1c(-c2ncco2)sc2c1c(=O)n(C(C)(C)C(=O)O)c(=O)n2C[C@H](OC1CCOCC1)c1ccccc1CC#N. The molecule has 0 radical (unpaired) electrons. The number of aliphatic carboxylic acids is 1. The van der Waals surface area contributed by atoms with Crippen LogP contribution in [0.2, 0.25) is 0 Å². The zero-order chi connectivity index (χ0) is 29.3. The molecule has 1 N–H and O–H groups in total. The number of carboxylic acids is 1. The fourth-order valence-corrected chi connectivity index (χ4v) is 6.40. The first-order valence-corrected chi connectivity index (χ1v) is 14.1. The summed E-state index contributed by atoms with van der Waals surface area (Å²) >= 11 is 1.18. The van der Waals surface area contributed by atoms with Gasteiger partial charge in [-0.05, 0) is 50.3 Å². The fourth-order valence-electron chi connectivity index (χ4n) is 5.15. The molecule has 41 heavy (non-hydrogen) atoms. The van der Waals surface area contributed by atoms with Gasteiger partial charge in [0.2, 0.25) is 5.89 Å². The summed E-state index contributed by atoms with van der Waals surface area (Å²) in [4.78, 5) is 45.4. The van der Waals surface area contributed by atoms with E-state index in [0.717, 1.165) is 15.7 Å². The standard InChI is InChI=1S/C29H30N4O7S/c1-17-22-25(34)33(29(2,3)27(35)36)28(37)32(26(22)41-23(17)24-31-12-15-39-24)16-21(40-19-9-13-38-14-10-19)20-7-5-4-6-18(20)8-11-30/h4-7,12,15,19,21H,8-10,13-14,16H2,1-3H3,(H,35,36)/t21-/m0/s1. The Balaban J connectivity index is 1.76. The van der Waals surface area contributed by atoms with Crippen molar-refractivity contribution in [2.75, 3.05) is 13.2 Å². The van der Waals surface area contributed by atoms with E-state index in [4.69, 9.17) is 13.9 Å². The molecule has 4 heterocycles. The van der Waals surface area contributed by atoms with E-state index >= 15 is 0 Å². The van der Waals surface area contributed by atoms with Crippen molar-refractivity contribution < 1.29 is 23.8 Å². The van der Waals surface area contributed by atoms with Crippen LogP contribution in [0.1, 0.15) is 49.5 Å². The number of carbonyl (C=O) groups is 1. The van der Waals surface area contributed by atoms with Crippen molar-refractivity contribution in [3.05, 3.63) is 74.3 Å². The molecule has 1 aromatic carbocycles. The predicted octanol–water partition coefficient (Wildman–Crippen LogP) is 4.01. The molecule has 214 valence electrons. The van der Waals surface area contributed by atoms with Crippen LogP contribution in [0.4, 0.5) is 0 Å². The van der Waals surface area contributed by atoms with Crippen molar-refractivity contribution in [3.8, 4) is 16.8 Å². The molecule has 1 saturated heterocycles. The van der Waals surface area contributed by atoms with Gasteiger partial charge in [-0.15, -0.1) is 11.3 Å². The molecule has 1 atom stereocenters. The van der Waals surface area contributed by atoms with E-state index in [0.29, 0.717) is 47.2 Å². The van der Waals surface area contributed by atoms with Crippen LogP contribution in [0.3, 0.4) is 0 Å². The first-order chi connectivity index (χ1) is 19.6. The summed E-state index contributed by atoms with van der Waals surface area (Å²) < 4.78 is 19.8. The van der Waals surface area contributed by atoms with Gasteiger partial charge >= 0.3 is 11.7 Å². The van der Waals surface area contributed by atoms with Gasteiger partial charge in [-0.25, -0.2) is 19.1 Å². The van der Waals surface area contributed by atoms with Crippen LogP contribution in [0.25, 0.3) is 21.0 Å². The molecular formula is C29H30N4O7S. The summed E-state index contributed by atoms with van der Waals surface area (Å²) in [6.07, 6.45) is 3.56. The highest BCUT2D eigenvalue weighted by Crippen LogP contribution is 2.37. The smallest absolute Gasteiger partial charge is 0.333 e. The lowest BCUT2D eigenvalue weighted by molar-refractivity contribution is -0.146. The van der Waals surface area contributed by atoms with Crippen LogP contribution < -0.4 is 11.2 Å². The van der Waals surface area contributed by atoms with Crippen molar-refractivity contribution in [3.63, 3.8) is 0 Å². The molecule has 0 amide bonds. The number of hydrogen-bond donors (Lipinski definition) is 1. The first-order valence-electron chi connectivity index (χ1n) is 13.3. The molecule has 4 aromatic rings. The number of nitrogens with zero attached hydrogens (tertiary/aromatic N) is 4. The first kappa shape index (κ1) is 28.5. The molecule has 1 fully saturated rings. The van der Waals surface area contributed by atoms with E-state index in [2.05, 4.69) is 11.1 Å². The quantitative estimate of drug-likeness (QED) is 0.311. The van der Waals surface area contributed by atoms with Crippen LogP contribution in [0, 0.1) is 18.3 Å². The lowest BCUT2D eigenvalue weighted by Crippen LogP contribution is -2.52. The number of aromatic nitrogens is 3. The second kappa shape index (κ2) is 11.4. The van der Waals surface area contributed by atoms with E-state index in [9.17, 15) is 24.8 Å². The highest BCUT2D eigenvalue weighted by molar-refractivity contribution is 7.22. The number of thiophene rings is 1. The van der Waals surface area contributed by atoms with E-state index in [1.165, 1.54) is 42.2 Å². The molecule has 1 aliphatic heterocycles. The van der Waals surface area contributed by atoms with Crippen molar-refractivity contribution in [2.45, 2.75) is 64.3 Å². The van der Waals surface area contributed by atoms with E-state index in [-0.39, 0.29) is 24.5 Å². The van der Waals surface area contributed by atoms with Gasteiger partial charge in [0.25, 0.3) is 5.56 Å². The third-order valence-electron chi connectivity index (χ3n) is 7.47. The molecule has 0 unspecified atom stereocenters. The van der Waals surface area contributed by atoms with E-state index in [1.54, 1.807) is 6.92 Å². The minimum absolute atomic E-state index is 0.0178. The van der Waals surface area contributed by atoms with Crippen LogP contribution in [0.15, 0.2) is 50.7 Å². The second-order valence-electron chi connectivity index (χ2n) is 10.4. The topological polar surface area (TPSA) is 150 Å². The summed E-state index contributed by atoms with van der Waals surface area (Å²) in [5.74, 6) is -1.03. The van der Waals surface area contributed by atoms with Gasteiger partial charge in [0.15, 0.2) is 0 Å². The minimum atomic E-state index is -1.84. The summed E-state index contributed by atoms with van der Waals surface area (Å²) in [6.45, 7) is 5.44. The van der Waals surface area contributed by atoms with Crippen molar-refractivity contribution >= 4 is 27.5 Å². The van der Waals surface area contributed by atoms with Crippen LogP contribution in [0.5, 0.6) is 0 Å². The zero-order valence-electron chi connectivity index (χ0n) is 23.0. The third-order valence-corrected chi connectivity index (χ3v) is 8.77. The van der Waals surface area contributed by atoms with Crippen molar-refractivity contribution in [1.82, 2.24) is 14.1 Å². The van der Waals surface area contributed by atoms with Crippen LogP contribution >= 0.6 is 11.3 Å². The minimum Gasteiger partial charge on any atom is -0.480 e. The Kier molecular flexibility index (Phi) is 7.95. The Morgan fingerprint density at radius 3 is 2.68 bits per heavy atom. The molecule has 3 aromatic heterocycles. The van der Waals surface area contributed by atoms with Gasteiger partial charge in [0.1, 0.15) is 22.7 Å². The average Bonchev–Trinajstić information content (AvgIpc) is 3.59. The summed E-state index contributed by atoms with van der Waals surface area (Å²) in [7, 11) is 0. The number of carboxylic acid groups (broad SMARTS) is 1. The number of ether oxygens (including phenoxy) is 2. The molecule has 0 saturated carbocycles. The summed E-state index contributed by atoms with van der Waals surface area (Å²) in [6, 6.07) is 9.60. The van der Waals surface area contributed by atoms with Crippen LogP contribution in [-0.2, 0) is 32.8 Å². The van der Waals surface area contributed by atoms with Gasteiger partial charge in [-0.1, -0.05) is 24.3 Å². The molecule has 12 heteroatoms. The van der Waals surface area contributed by atoms with Crippen molar-refractivity contribution in [1.29, 1.82) is 5.26 Å². The Morgan fingerprint density at radius 1 is 1.29 bits per heavy atom. The fraction of sp³-hybridized carbons (Fsp3) is 0.414. The number of rotatable bonds is 9. The Labute approximate surface area is 239 Å². The normalized spacial score (nSPS) is 15.2. The number of oxazole rings is 1. The van der Waals surface area contributed by atoms with E-state index in [1.807, 2.05) is 24.3 Å². The van der Waals surface area contributed by atoms with Gasteiger partial charge in [-0.2, -0.15) is 5.26 Å². The summed E-state index contributed by atoms with van der Waals surface area (Å²) in [5, 5.41) is 19.7. The number of nitriles is 1. The van der Waals surface area contributed by atoms with E-state index < -0.39 is 28.9 Å². The third kappa shape index (κ3) is 5.24. The Hall–Kier alpha value is -4.05. The van der Waals surface area contributed by atoms with Gasteiger partial charge in [-0.3, -0.25) is 9.36 Å². The molecule has 0 aliphatic carbocycles. The number of benzene rings is 1. The highest BCUT2D eigenvalue weighted by Gasteiger charge is 2.36. The van der Waals surface area contributed by atoms with Gasteiger partial charge in [0, 0.05) is 13.2 Å². The van der Waals surface area contributed by atoms with Gasteiger partial charge < -0.3 is 19.0 Å². The second-order valence-corrected chi connectivity index (χ2v) is 11.4. The molecule has 0 bridgehead atoms. The zero-order valence-corrected chi connectivity index (χ0v) is 23.8. The lowest BCUT2D eigenvalue weighted by Gasteiger charge is -2.30.